The fourth-order valence-electron chi connectivity index (χ4n) is 3.12. The van der Waals surface area contributed by atoms with Crippen LogP contribution >= 0.6 is 11.6 Å². The molecule has 0 saturated carbocycles. The van der Waals surface area contributed by atoms with Gasteiger partial charge in [-0.05, 0) is 12.1 Å². The number of ether oxygens (including phenoxy) is 2. The molecular formula is C21H19ClN2O3. The average Bonchev–Trinajstić information content (AvgIpc) is 2.73. The van der Waals surface area contributed by atoms with Crippen molar-refractivity contribution in [2.45, 2.75) is 0 Å². The first-order chi connectivity index (χ1) is 13.2. The molecule has 0 spiro atoms. The molecule has 0 atom stereocenters. The monoisotopic (exact) mass is 382 g/mol. The molecule has 0 unspecified atom stereocenters. The van der Waals surface area contributed by atoms with Crippen molar-refractivity contribution in [3.05, 3.63) is 59.6 Å². The minimum absolute atomic E-state index is 0.0431. The van der Waals surface area contributed by atoms with Gasteiger partial charge in [-0.2, -0.15) is 0 Å². The van der Waals surface area contributed by atoms with Gasteiger partial charge in [-0.3, -0.25) is 4.79 Å². The summed E-state index contributed by atoms with van der Waals surface area (Å²) < 4.78 is 11.2. The lowest BCUT2D eigenvalue weighted by molar-refractivity contribution is -0.137. The summed E-state index contributed by atoms with van der Waals surface area (Å²) in [5.74, 6) is 0.502. The highest BCUT2D eigenvalue weighted by Gasteiger charge is 2.18. The second-order valence-electron chi connectivity index (χ2n) is 6.29. The number of aromatic nitrogens is 1. The van der Waals surface area contributed by atoms with E-state index in [9.17, 15) is 4.79 Å². The lowest BCUT2D eigenvalue weighted by Crippen LogP contribution is -2.43. The predicted octanol–water partition coefficient (Wildman–Crippen LogP) is 3.79. The summed E-state index contributed by atoms with van der Waals surface area (Å²) in [6.07, 6.45) is 0. The fraction of sp³-hybridized carbons (Fsp3) is 0.238. The first-order valence-electron chi connectivity index (χ1n) is 8.85. The van der Waals surface area contributed by atoms with Crippen LogP contribution in [0.4, 0.5) is 0 Å². The maximum atomic E-state index is 12.4. The predicted molar refractivity (Wildman–Crippen MR) is 105 cm³/mol. The van der Waals surface area contributed by atoms with Crippen molar-refractivity contribution in [2.75, 3.05) is 32.9 Å². The number of fused-ring (bicyclic) bond motifs is 1. The number of hydrogen-bond donors (Lipinski definition) is 0. The molecular weight excluding hydrogens is 364 g/mol. The van der Waals surface area contributed by atoms with Gasteiger partial charge in [-0.15, -0.1) is 0 Å². The summed E-state index contributed by atoms with van der Waals surface area (Å²) in [4.78, 5) is 18.9. The number of halogens is 1. The minimum Gasteiger partial charge on any atom is -0.483 e. The zero-order valence-corrected chi connectivity index (χ0v) is 15.5. The first kappa shape index (κ1) is 17.8. The molecule has 0 bridgehead atoms. The van der Waals surface area contributed by atoms with Crippen molar-refractivity contribution in [1.82, 2.24) is 9.88 Å². The average molecular weight is 383 g/mol. The number of hydrogen-bond acceptors (Lipinski definition) is 4. The number of carbonyl (C=O) groups is 1. The maximum absolute atomic E-state index is 12.4. The molecule has 1 fully saturated rings. The molecule has 138 valence electrons. The molecule has 1 saturated heterocycles. The van der Waals surface area contributed by atoms with Crippen LogP contribution in [0.5, 0.6) is 5.75 Å². The summed E-state index contributed by atoms with van der Waals surface area (Å²) in [7, 11) is 0. The van der Waals surface area contributed by atoms with Gasteiger partial charge in [-0.1, -0.05) is 48.0 Å². The van der Waals surface area contributed by atoms with Crippen LogP contribution in [0.2, 0.25) is 5.02 Å². The molecule has 1 amide bonds. The summed E-state index contributed by atoms with van der Waals surface area (Å²) in [6.45, 7) is 2.27. The van der Waals surface area contributed by atoms with Gasteiger partial charge in [0.05, 0.1) is 34.8 Å². The van der Waals surface area contributed by atoms with Crippen LogP contribution in [-0.2, 0) is 9.53 Å². The molecule has 0 N–H and O–H groups in total. The maximum Gasteiger partial charge on any atom is 0.260 e. The third kappa shape index (κ3) is 3.89. The number of pyridine rings is 1. The van der Waals surface area contributed by atoms with Crippen molar-refractivity contribution >= 4 is 28.4 Å². The zero-order chi connectivity index (χ0) is 18.6. The summed E-state index contributed by atoms with van der Waals surface area (Å²) in [6, 6.07) is 17.2. The van der Waals surface area contributed by atoms with Crippen molar-refractivity contribution in [2.24, 2.45) is 0 Å². The standard InChI is InChI=1S/C21H19ClN2O3/c22-16-7-4-8-17-21(16)19(13-18(23-17)15-5-2-1-3-6-15)27-14-20(25)24-9-11-26-12-10-24/h1-8,13H,9-12,14H2. The van der Waals surface area contributed by atoms with Crippen molar-refractivity contribution in [3.63, 3.8) is 0 Å². The second-order valence-corrected chi connectivity index (χ2v) is 6.69. The van der Waals surface area contributed by atoms with E-state index in [1.54, 1.807) is 11.0 Å². The van der Waals surface area contributed by atoms with Crippen LogP contribution in [-0.4, -0.2) is 48.7 Å². The molecule has 0 radical (unpaired) electrons. The van der Waals surface area contributed by atoms with E-state index in [0.717, 1.165) is 16.8 Å². The van der Waals surface area contributed by atoms with Gasteiger partial charge in [0.2, 0.25) is 0 Å². The van der Waals surface area contributed by atoms with Gasteiger partial charge >= 0.3 is 0 Å². The van der Waals surface area contributed by atoms with E-state index >= 15 is 0 Å². The zero-order valence-electron chi connectivity index (χ0n) is 14.7. The molecule has 1 aliphatic heterocycles. The van der Waals surface area contributed by atoms with Crippen LogP contribution in [0, 0.1) is 0 Å². The van der Waals surface area contributed by atoms with Crippen LogP contribution < -0.4 is 4.74 Å². The molecule has 27 heavy (non-hydrogen) atoms. The molecule has 6 heteroatoms. The Kier molecular flexibility index (Phi) is 5.23. The molecule has 1 aliphatic rings. The minimum atomic E-state index is -0.0587. The highest BCUT2D eigenvalue weighted by atomic mass is 35.5. The number of rotatable bonds is 4. The number of amides is 1. The highest BCUT2D eigenvalue weighted by Crippen LogP contribution is 2.34. The molecule has 1 aromatic heterocycles. The SMILES string of the molecule is O=C(COc1cc(-c2ccccc2)nc2cccc(Cl)c12)N1CCOCC1. The largest absolute Gasteiger partial charge is 0.483 e. The number of benzene rings is 2. The van der Waals surface area contributed by atoms with E-state index in [1.165, 1.54) is 0 Å². The Balaban J connectivity index is 1.66. The van der Waals surface area contributed by atoms with E-state index in [1.807, 2.05) is 48.5 Å². The van der Waals surface area contributed by atoms with E-state index in [2.05, 4.69) is 0 Å². The van der Waals surface area contributed by atoms with Gasteiger partial charge in [0.15, 0.2) is 6.61 Å². The third-order valence-corrected chi connectivity index (χ3v) is 4.85. The number of nitrogens with zero attached hydrogens (tertiary/aromatic N) is 2. The van der Waals surface area contributed by atoms with Crippen molar-refractivity contribution in [1.29, 1.82) is 0 Å². The Morgan fingerprint density at radius 3 is 2.67 bits per heavy atom. The Morgan fingerprint density at radius 2 is 1.89 bits per heavy atom. The van der Waals surface area contributed by atoms with Crippen LogP contribution in [0.3, 0.4) is 0 Å². The Bertz CT molecular complexity index is 956. The molecule has 2 aromatic carbocycles. The van der Waals surface area contributed by atoms with E-state index in [4.69, 9.17) is 26.1 Å². The van der Waals surface area contributed by atoms with Gasteiger partial charge in [0.1, 0.15) is 5.75 Å². The topological polar surface area (TPSA) is 51.7 Å². The normalized spacial score (nSPS) is 14.3. The van der Waals surface area contributed by atoms with E-state index < -0.39 is 0 Å². The quantitative estimate of drug-likeness (QED) is 0.688. The van der Waals surface area contributed by atoms with Gasteiger partial charge in [0.25, 0.3) is 5.91 Å². The Morgan fingerprint density at radius 1 is 1.11 bits per heavy atom. The summed E-state index contributed by atoms with van der Waals surface area (Å²) in [5.41, 5.74) is 2.49. The molecule has 4 rings (SSSR count). The van der Waals surface area contributed by atoms with Gasteiger partial charge in [-0.25, -0.2) is 4.98 Å². The third-order valence-electron chi connectivity index (χ3n) is 4.53. The molecule has 0 aliphatic carbocycles. The van der Waals surface area contributed by atoms with Crippen molar-refractivity contribution < 1.29 is 14.3 Å². The highest BCUT2D eigenvalue weighted by molar-refractivity contribution is 6.36. The lowest BCUT2D eigenvalue weighted by atomic mass is 10.1. The Labute approximate surface area is 162 Å². The van der Waals surface area contributed by atoms with E-state index in [-0.39, 0.29) is 12.5 Å². The summed E-state index contributed by atoms with van der Waals surface area (Å²) in [5, 5.41) is 1.27. The van der Waals surface area contributed by atoms with Gasteiger partial charge in [0, 0.05) is 24.7 Å². The second kappa shape index (κ2) is 7.94. The number of carbonyl (C=O) groups excluding carboxylic acids is 1. The van der Waals surface area contributed by atoms with Crippen LogP contribution in [0.15, 0.2) is 54.6 Å². The molecule has 3 aromatic rings. The molecule has 5 nitrogen and oxygen atoms in total. The summed E-state index contributed by atoms with van der Waals surface area (Å²) >= 11 is 6.39. The molecule has 2 heterocycles. The smallest absolute Gasteiger partial charge is 0.260 e. The lowest BCUT2D eigenvalue weighted by Gasteiger charge is -2.26. The number of morpholine rings is 1. The van der Waals surface area contributed by atoms with E-state index in [0.29, 0.717) is 42.5 Å². The van der Waals surface area contributed by atoms with Crippen molar-refractivity contribution in [3.8, 4) is 17.0 Å². The van der Waals surface area contributed by atoms with Gasteiger partial charge < -0.3 is 14.4 Å². The fourth-order valence-corrected chi connectivity index (χ4v) is 3.39. The van der Waals surface area contributed by atoms with Crippen LogP contribution in [0.25, 0.3) is 22.2 Å². The van der Waals surface area contributed by atoms with Crippen LogP contribution in [0.1, 0.15) is 0 Å². The first-order valence-corrected chi connectivity index (χ1v) is 9.23. The Hall–Kier alpha value is -2.63.